The van der Waals surface area contributed by atoms with Gasteiger partial charge in [0.15, 0.2) is 0 Å². The Hall–Kier alpha value is -2.32. The van der Waals surface area contributed by atoms with Crippen LogP contribution in [0.15, 0.2) is 50.6 Å². The van der Waals surface area contributed by atoms with Gasteiger partial charge in [0.1, 0.15) is 5.76 Å². The van der Waals surface area contributed by atoms with E-state index in [2.05, 4.69) is 18.0 Å². The molecule has 0 saturated heterocycles. The van der Waals surface area contributed by atoms with Crippen molar-refractivity contribution in [2.45, 2.75) is 76.4 Å². The van der Waals surface area contributed by atoms with E-state index in [4.69, 9.17) is 4.42 Å². The van der Waals surface area contributed by atoms with Gasteiger partial charge in [0.05, 0.1) is 5.60 Å². The van der Waals surface area contributed by atoms with Gasteiger partial charge in [0, 0.05) is 17.3 Å². The lowest BCUT2D eigenvalue weighted by molar-refractivity contribution is 0.0769. The van der Waals surface area contributed by atoms with Crippen LogP contribution in [0, 0.1) is 6.92 Å². The van der Waals surface area contributed by atoms with Crippen LogP contribution in [-0.2, 0) is 15.6 Å². The Morgan fingerprint density at radius 3 is 2.60 bits per heavy atom. The second-order valence-corrected chi connectivity index (χ2v) is 10.1. The standard InChI is InChI=1S/C22H30N2O5S/c1-14-9-6-5-7-10-16-11-8-12-17(16)20(14)23-21(25)24-30(27,28)19-13-18(15(2)29-19)22(3,4)26/h10,13,26H,1,5-9,11-12H2,2-4H3,(H2,23,24,25)/b16-10-,20-17+. The van der Waals surface area contributed by atoms with E-state index in [1.165, 1.54) is 25.5 Å². The van der Waals surface area contributed by atoms with Crippen LogP contribution in [0.3, 0.4) is 0 Å². The predicted molar refractivity (Wildman–Crippen MR) is 114 cm³/mol. The van der Waals surface area contributed by atoms with E-state index in [0.717, 1.165) is 56.1 Å². The number of aliphatic hydroxyl groups is 1. The first-order valence-corrected chi connectivity index (χ1v) is 11.7. The summed E-state index contributed by atoms with van der Waals surface area (Å²) in [6, 6.07) is 0.381. The van der Waals surface area contributed by atoms with Crippen molar-refractivity contribution in [3.05, 3.63) is 52.5 Å². The van der Waals surface area contributed by atoms with Gasteiger partial charge < -0.3 is 14.8 Å². The first-order valence-electron chi connectivity index (χ1n) is 10.3. The van der Waals surface area contributed by atoms with Crippen LogP contribution in [0.1, 0.15) is 70.1 Å². The smallest absolute Gasteiger partial charge is 0.333 e. The van der Waals surface area contributed by atoms with Crippen molar-refractivity contribution in [1.82, 2.24) is 10.0 Å². The minimum Gasteiger partial charge on any atom is -0.448 e. The van der Waals surface area contributed by atoms with Crippen molar-refractivity contribution >= 4 is 16.1 Å². The fourth-order valence-electron chi connectivity index (χ4n) is 4.05. The van der Waals surface area contributed by atoms with Crippen molar-refractivity contribution < 1.29 is 22.7 Å². The maximum absolute atomic E-state index is 12.7. The molecule has 1 saturated carbocycles. The zero-order valence-electron chi connectivity index (χ0n) is 17.8. The first kappa shape index (κ1) is 22.4. The molecule has 0 atom stereocenters. The zero-order chi connectivity index (χ0) is 22.1. The summed E-state index contributed by atoms with van der Waals surface area (Å²) in [6.45, 7) is 8.75. The van der Waals surface area contributed by atoms with Gasteiger partial charge in [-0.2, -0.15) is 8.42 Å². The monoisotopic (exact) mass is 434 g/mol. The van der Waals surface area contributed by atoms with Gasteiger partial charge in [-0.1, -0.05) is 12.7 Å². The van der Waals surface area contributed by atoms with E-state index < -0.39 is 26.7 Å². The summed E-state index contributed by atoms with van der Waals surface area (Å²) in [7, 11) is -4.24. The molecule has 0 unspecified atom stereocenters. The predicted octanol–water partition coefficient (Wildman–Crippen LogP) is 4.30. The minimum atomic E-state index is -4.24. The molecule has 8 heteroatoms. The average Bonchev–Trinajstić information content (AvgIpc) is 3.25. The van der Waals surface area contributed by atoms with E-state index in [1.807, 2.05) is 4.72 Å². The molecule has 30 heavy (non-hydrogen) atoms. The van der Waals surface area contributed by atoms with Gasteiger partial charge >= 0.3 is 6.03 Å². The van der Waals surface area contributed by atoms with Crippen molar-refractivity contribution in [3.8, 4) is 0 Å². The lowest BCUT2D eigenvalue weighted by atomic mass is 10.00. The molecule has 2 amide bonds. The molecule has 1 heterocycles. The fourth-order valence-corrected chi connectivity index (χ4v) is 4.95. The Bertz CT molecular complexity index is 1020. The van der Waals surface area contributed by atoms with E-state index in [9.17, 15) is 18.3 Å². The van der Waals surface area contributed by atoms with Gasteiger partial charge in [-0.05, 0) is 82.4 Å². The van der Waals surface area contributed by atoms with E-state index in [0.29, 0.717) is 11.3 Å². The normalized spacial score (nSPS) is 22.4. The summed E-state index contributed by atoms with van der Waals surface area (Å²) in [5.41, 5.74) is 2.78. The summed E-state index contributed by atoms with van der Waals surface area (Å²) in [5, 5.41) is 12.5. The number of rotatable bonds is 4. The van der Waals surface area contributed by atoms with Crippen LogP contribution in [0.4, 0.5) is 4.79 Å². The number of carbonyl (C=O) groups is 1. The third-order valence-corrected chi connectivity index (χ3v) is 6.71. The quantitative estimate of drug-likeness (QED) is 0.655. The third-order valence-electron chi connectivity index (χ3n) is 5.52. The highest BCUT2D eigenvalue weighted by molar-refractivity contribution is 7.89. The topological polar surface area (TPSA) is 109 Å². The molecule has 7 nitrogen and oxygen atoms in total. The molecule has 1 fully saturated rings. The molecule has 0 aromatic carbocycles. The van der Waals surface area contributed by atoms with E-state index >= 15 is 0 Å². The number of sulfonamides is 1. The van der Waals surface area contributed by atoms with Crippen molar-refractivity contribution in [1.29, 1.82) is 0 Å². The summed E-state index contributed by atoms with van der Waals surface area (Å²) in [6.07, 6.45) is 8.79. The molecule has 0 spiro atoms. The van der Waals surface area contributed by atoms with E-state index in [-0.39, 0.29) is 5.76 Å². The molecule has 0 aliphatic heterocycles. The molecule has 0 bridgehead atoms. The number of amides is 2. The van der Waals surface area contributed by atoms with Crippen LogP contribution in [0.25, 0.3) is 0 Å². The number of aryl methyl sites for hydroxylation is 1. The second kappa shape index (κ2) is 8.43. The van der Waals surface area contributed by atoms with Crippen molar-refractivity contribution in [2.75, 3.05) is 0 Å². The number of urea groups is 1. The van der Waals surface area contributed by atoms with Crippen LogP contribution in [0.2, 0.25) is 0 Å². The van der Waals surface area contributed by atoms with Crippen LogP contribution in [-0.4, -0.2) is 19.6 Å². The van der Waals surface area contributed by atoms with Gasteiger partial charge in [-0.15, -0.1) is 0 Å². The van der Waals surface area contributed by atoms with Gasteiger partial charge in [0.25, 0.3) is 10.0 Å². The number of hydrogen-bond donors (Lipinski definition) is 3. The number of furan rings is 1. The highest BCUT2D eigenvalue weighted by Gasteiger charge is 2.29. The molecule has 3 rings (SSSR count). The molecule has 0 radical (unpaired) electrons. The maximum Gasteiger partial charge on any atom is 0.333 e. The molecule has 1 aromatic heterocycles. The Balaban J connectivity index is 1.83. The summed E-state index contributed by atoms with van der Waals surface area (Å²) in [5.74, 6) is 0.276. The highest BCUT2D eigenvalue weighted by atomic mass is 32.2. The molecule has 2 aliphatic carbocycles. The number of carbonyl (C=O) groups excluding carboxylic acids is 1. The zero-order valence-corrected chi connectivity index (χ0v) is 18.6. The first-order chi connectivity index (χ1) is 14.0. The number of nitrogens with one attached hydrogen (secondary N) is 2. The Morgan fingerprint density at radius 1 is 1.20 bits per heavy atom. The highest BCUT2D eigenvalue weighted by Crippen LogP contribution is 2.36. The molecule has 1 aromatic rings. The Kier molecular flexibility index (Phi) is 6.29. The number of allylic oxidation sites excluding steroid dienone is 4. The minimum absolute atomic E-state index is 0.276. The summed E-state index contributed by atoms with van der Waals surface area (Å²) >= 11 is 0. The number of hydrogen-bond acceptors (Lipinski definition) is 5. The SMILES string of the molecule is C=C1CCCC/C=C2/CCC/C2=C/1NC(=O)NS(=O)(=O)c1cc(C(C)(C)O)c(C)o1. The Labute approximate surface area is 178 Å². The van der Waals surface area contributed by atoms with Crippen LogP contribution >= 0.6 is 0 Å². The van der Waals surface area contributed by atoms with Crippen LogP contribution in [0.5, 0.6) is 0 Å². The Morgan fingerprint density at radius 2 is 1.93 bits per heavy atom. The fraction of sp³-hybridized carbons (Fsp3) is 0.500. The van der Waals surface area contributed by atoms with Gasteiger partial charge in [0.2, 0.25) is 5.09 Å². The summed E-state index contributed by atoms with van der Waals surface area (Å²) in [4.78, 5) is 12.6. The lowest BCUT2D eigenvalue weighted by Crippen LogP contribution is -2.39. The lowest BCUT2D eigenvalue weighted by Gasteiger charge is -2.16. The van der Waals surface area contributed by atoms with E-state index in [1.54, 1.807) is 6.92 Å². The van der Waals surface area contributed by atoms with Crippen molar-refractivity contribution in [3.63, 3.8) is 0 Å². The second-order valence-electron chi connectivity index (χ2n) is 8.44. The number of fused-ring (bicyclic) bond motifs is 1. The van der Waals surface area contributed by atoms with Crippen LogP contribution < -0.4 is 10.0 Å². The third kappa shape index (κ3) is 4.87. The maximum atomic E-state index is 12.7. The molecule has 2 aliphatic rings. The average molecular weight is 435 g/mol. The molecule has 164 valence electrons. The molecular weight excluding hydrogens is 404 g/mol. The molecule has 3 N–H and O–H groups in total. The van der Waals surface area contributed by atoms with Gasteiger partial charge in [-0.3, -0.25) is 0 Å². The summed E-state index contributed by atoms with van der Waals surface area (Å²) < 4.78 is 32.7. The molecular formula is C22H30N2O5S. The van der Waals surface area contributed by atoms with Crippen molar-refractivity contribution in [2.24, 2.45) is 0 Å². The largest absolute Gasteiger partial charge is 0.448 e. The van der Waals surface area contributed by atoms with Gasteiger partial charge in [-0.25, -0.2) is 9.52 Å².